The molecule has 1 amide bonds. The summed E-state index contributed by atoms with van der Waals surface area (Å²) in [5.41, 5.74) is 2.52. The van der Waals surface area contributed by atoms with E-state index in [2.05, 4.69) is 56.5 Å². The van der Waals surface area contributed by atoms with Gasteiger partial charge in [-0.05, 0) is 23.5 Å². The van der Waals surface area contributed by atoms with Crippen LogP contribution in [0.2, 0.25) is 0 Å². The Labute approximate surface area is 129 Å². The lowest BCUT2D eigenvalue weighted by Crippen LogP contribution is -2.26. The molecule has 0 saturated heterocycles. The molecule has 3 nitrogen and oxygen atoms in total. The van der Waals surface area contributed by atoms with Crippen LogP contribution in [0.15, 0.2) is 24.3 Å². The van der Waals surface area contributed by atoms with Gasteiger partial charge in [0.15, 0.2) is 0 Å². The van der Waals surface area contributed by atoms with Crippen LogP contribution in [-0.4, -0.2) is 19.0 Å². The van der Waals surface area contributed by atoms with Gasteiger partial charge in [-0.15, -0.1) is 0 Å². The van der Waals surface area contributed by atoms with E-state index in [9.17, 15) is 4.79 Å². The molecule has 0 aliphatic heterocycles. The Morgan fingerprint density at radius 3 is 2.48 bits per heavy atom. The van der Waals surface area contributed by atoms with Crippen molar-refractivity contribution in [2.24, 2.45) is 0 Å². The van der Waals surface area contributed by atoms with Gasteiger partial charge in [0.25, 0.3) is 0 Å². The normalized spacial score (nSPS) is 11.2. The smallest absolute Gasteiger partial charge is 0.221 e. The molecule has 1 aromatic carbocycles. The number of unbranched alkanes of at least 4 members (excludes halogenated alkanes) is 2. The van der Waals surface area contributed by atoms with Gasteiger partial charge in [-0.25, -0.2) is 0 Å². The molecule has 3 heteroatoms. The molecule has 0 bridgehead atoms. The Bertz CT molecular complexity index is 435. The van der Waals surface area contributed by atoms with Gasteiger partial charge < -0.3 is 10.6 Å². The average Bonchev–Trinajstić information content (AvgIpc) is 2.43. The summed E-state index contributed by atoms with van der Waals surface area (Å²) in [6.45, 7) is 10.2. The number of hydrogen-bond donors (Lipinski definition) is 2. The van der Waals surface area contributed by atoms with Crippen molar-refractivity contribution < 1.29 is 4.79 Å². The minimum Gasteiger partial charge on any atom is -0.384 e. The fourth-order valence-corrected chi connectivity index (χ4v) is 2.29. The molecule has 2 N–H and O–H groups in total. The van der Waals surface area contributed by atoms with E-state index >= 15 is 0 Å². The lowest BCUT2D eigenvalue weighted by Gasteiger charge is -2.23. The number of para-hydroxylation sites is 1. The van der Waals surface area contributed by atoms with E-state index in [-0.39, 0.29) is 11.3 Å². The summed E-state index contributed by atoms with van der Waals surface area (Å²) in [7, 11) is 0. The first-order valence-electron chi connectivity index (χ1n) is 8.05. The van der Waals surface area contributed by atoms with Crippen LogP contribution in [0.5, 0.6) is 0 Å². The van der Waals surface area contributed by atoms with Crippen molar-refractivity contribution in [3.05, 3.63) is 29.8 Å². The van der Waals surface area contributed by atoms with E-state index in [4.69, 9.17) is 0 Å². The zero-order valence-corrected chi connectivity index (χ0v) is 14.0. The van der Waals surface area contributed by atoms with Crippen molar-refractivity contribution in [3.8, 4) is 0 Å². The van der Waals surface area contributed by atoms with Crippen LogP contribution in [0.4, 0.5) is 5.69 Å². The molecule has 0 heterocycles. The zero-order chi connectivity index (χ0) is 15.7. The molecular weight excluding hydrogens is 260 g/mol. The van der Waals surface area contributed by atoms with Gasteiger partial charge in [-0.3, -0.25) is 4.79 Å². The Morgan fingerprint density at radius 2 is 1.81 bits per heavy atom. The van der Waals surface area contributed by atoms with E-state index in [1.807, 2.05) is 6.07 Å². The fraction of sp³-hybridized carbons (Fsp3) is 0.611. The van der Waals surface area contributed by atoms with Gasteiger partial charge in [0, 0.05) is 25.2 Å². The number of benzene rings is 1. The lowest BCUT2D eigenvalue weighted by atomic mass is 9.86. The Balaban J connectivity index is 2.38. The molecule has 0 atom stereocenters. The molecule has 0 saturated carbocycles. The Kier molecular flexibility index (Phi) is 7.27. The van der Waals surface area contributed by atoms with Crippen molar-refractivity contribution >= 4 is 11.6 Å². The quantitative estimate of drug-likeness (QED) is 0.708. The molecule has 0 unspecified atom stereocenters. The predicted molar refractivity (Wildman–Crippen MR) is 90.8 cm³/mol. The maximum atomic E-state index is 11.7. The van der Waals surface area contributed by atoms with Crippen molar-refractivity contribution in [1.82, 2.24) is 5.32 Å². The maximum Gasteiger partial charge on any atom is 0.221 e. The molecule has 0 aromatic heterocycles. The summed E-state index contributed by atoms with van der Waals surface area (Å²) >= 11 is 0. The zero-order valence-electron chi connectivity index (χ0n) is 14.0. The van der Waals surface area contributed by atoms with Crippen molar-refractivity contribution in [2.45, 2.75) is 58.8 Å². The van der Waals surface area contributed by atoms with Gasteiger partial charge >= 0.3 is 0 Å². The first kappa shape index (κ1) is 17.5. The minimum atomic E-state index is 0.103. The maximum absolute atomic E-state index is 11.7. The summed E-state index contributed by atoms with van der Waals surface area (Å²) in [6, 6.07) is 8.32. The van der Waals surface area contributed by atoms with Gasteiger partial charge in [-0.2, -0.15) is 0 Å². The second kappa shape index (κ2) is 8.71. The highest BCUT2D eigenvalue weighted by Gasteiger charge is 2.17. The number of nitrogens with one attached hydrogen (secondary N) is 2. The first-order chi connectivity index (χ1) is 9.95. The highest BCUT2D eigenvalue weighted by atomic mass is 16.1. The second-order valence-electron chi connectivity index (χ2n) is 6.53. The number of hydrogen-bond acceptors (Lipinski definition) is 2. The number of amides is 1. The third-order valence-corrected chi connectivity index (χ3v) is 3.51. The molecule has 118 valence electrons. The number of carbonyl (C=O) groups is 1. The number of carbonyl (C=O) groups excluding carboxylic acids is 1. The largest absolute Gasteiger partial charge is 0.384 e. The Morgan fingerprint density at radius 1 is 1.10 bits per heavy atom. The molecule has 0 aliphatic carbocycles. The monoisotopic (exact) mass is 290 g/mol. The van der Waals surface area contributed by atoms with E-state index in [0.29, 0.717) is 13.0 Å². The van der Waals surface area contributed by atoms with Crippen LogP contribution in [0, 0.1) is 0 Å². The van der Waals surface area contributed by atoms with Crippen molar-refractivity contribution in [3.63, 3.8) is 0 Å². The van der Waals surface area contributed by atoms with Crippen LogP contribution in [0.1, 0.15) is 58.9 Å². The number of anilines is 1. The molecule has 0 aliphatic rings. The molecule has 0 fully saturated rings. The van der Waals surface area contributed by atoms with Crippen LogP contribution in [-0.2, 0) is 10.2 Å². The summed E-state index contributed by atoms with van der Waals surface area (Å²) < 4.78 is 0. The molecular formula is C18H30N2O. The highest BCUT2D eigenvalue weighted by Crippen LogP contribution is 2.29. The number of rotatable bonds is 8. The summed E-state index contributed by atoms with van der Waals surface area (Å²) in [6.07, 6.45) is 3.95. The van der Waals surface area contributed by atoms with Gasteiger partial charge in [0.2, 0.25) is 5.91 Å². The van der Waals surface area contributed by atoms with E-state index in [1.54, 1.807) is 0 Å². The SMILES string of the molecule is CCCCCNC(=O)CCNc1ccccc1C(C)(C)C. The minimum absolute atomic E-state index is 0.103. The first-order valence-corrected chi connectivity index (χ1v) is 8.05. The highest BCUT2D eigenvalue weighted by molar-refractivity contribution is 5.76. The molecule has 1 rings (SSSR count). The van der Waals surface area contributed by atoms with E-state index in [0.717, 1.165) is 18.7 Å². The van der Waals surface area contributed by atoms with Gasteiger partial charge in [0.1, 0.15) is 0 Å². The second-order valence-corrected chi connectivity index (χ2v) is 6.53. The van der Waals surface area contributed by atoms with Crippen LogP contribution < -0.4 is 10.6 Å². The average molecular weight is 290 g/mol. The van der Waals surface area contributed by atoms with E-state index in [1.165, 1.54) is 18.4 Å². The van der Waals surface area contributed by atoms with Crippen molar-refractivity contribution in [1.29, 1.82) is 0 Å². The third kappa shape index (κ3) is 6.65. The fourth-order valence-electron chi connectivity index (χ4n) is 2.29. The third-order valence-electron chi connectivity index (χ3n) is 3.51. The topological polar surface area (TPSA) is 41.1 Å². The lowest BCUT2D eigenvalue weighted by molar-refractivity contribution is -0.120. The Hall–Kier alpha value is -1.51. The summed E-state index contributed by atoms with van der Waals surface area (Å²) in [5.74, 6) is 0.131. The predicted octanol–water partition coefficient (Wildman–Crippen LogP) is 4.09. The molecule has 0 spiro atoms. The van der Waals surface area contributed by atoms with Crippen LogP contribution >= 0.6 is 0 Å². The van der Waals surface area contributed by atoms with Crippen LogP contribution in [0.3, 0.4) is 0 Å². The summed E-state index contributed by atoms with van der Waals surface area (Å²) in [4.78, 5) is 11.7. The standard InChI is InChI=1S/C18H30N2O/c1-5-6-9-13-20-17(21)12-14-19-16-11-8-7-10-15(16)18(2,3)4/h7-8,10-11,19H,5-6,9,12-14H2,1-4H3,(H,20,21). The van der Waals surface area contributed by atoms with Crippen molar-refractivity contribution in [2.75, 3.05) is 18.4 Å². The molecule has 21 heavy (non-hydrogen) atoms. The van der Waals surface area contributed by atoms with Gasteiger partial charge in [0.05, 0.1) is 0 Å². The van der Waals surface area contributed by atoms with E-state index < -0.39 is 0 Å². The van der Waals surface area contributed by atoms with Gasteiger partial charge in [-0.1, -0.05) is 58.7 Å². The van der Waals surface area contributed by atoms with Crippen LogP contribution in [0.25, 0.3) is 0 Å². The summed E-state index contributed by atoms with van der Waals surface area (Å²) in [5, 5.41) is 6.36. The molecule has 1 aromatic rings. The molecule has 0 radical (unpaired) electrons.